The fraction of sp³-hybridized carbons (Fsp3) is 0.438. The lowest BCUT2D eigenvalue weighted by atomic mass is 9.66. The highest BCUT2D eigenvalue weighted by atomic mass is 32.2. The Balaban J connectivity index is 1.57. The fourth-order valence-corrected chi connectivity index (χ4v) is 5.28. The van der Waals surface area contributed by atoms with E-state index >= 15 is 0 Å². The summed E-state index contributed by atoms with van der Waals surface area (Å²) in [6.07, 6.45) is 5.02. The summed E-state index contributed by atoms with van der Waals surface area (Å²) in [6.45, 7) is 2.20. The van der Waals surface area contributed by atoms with Crippen LogP contribution in [-0.2, 0) is 10.0 Å². The van der Waals surface area contributed by atoms with Crippen LogP contribution in [0.2, 0.25) is 0 Å². The maximum absolute atomic E-state index is 11.9. The van der Waals surface area contributed by atoms with E-state index in [9.17, 15) is 13.4 Å². The van der Waals surface area contributed by atoms with Gasteiger partial charge >= 0.3 is 7.12 Å². The molecular weight excluding hydrogens is 341 g/mol. The molecule has 0 unspecified atom stereocenters. The Morgan fingerprint density at radius 3 is 3.04 bits per heavy atom. The Kier molecular flexibility index (Phi) is 4.09. The smallest absolute Gasteiger partial charge is 0.531 e. The number of sulfonamides is 1. The Labute approximate surface area is 146 Å². The van der Waals surface area contributed by atoms with Gasteiger partial charge in [-0.25, -0.2) is 18.1 Å². The van der Waals surface area contributed by atoms with Crippen LogP contribution in [0, 0.1) is 11.8 Å². The summed E-state index contributed by atoms with van der Waals surface area (Å²) in [5.74, 6) is 2.82. The molecule has 0 radical (unpaired) electrons. The van der Waals surface area contributed by atoms with E-state index < -0.39 is 17.1 Å². The number of hydrogen-bond acceptors (Lipinski definition) is 5. The zero-order valence-electron chi connectivity index (χ0n) is 13.9. The fourth-order valence-electron chi connectivity index (χ4n) is 3.83. The van der Waals surface area contributed by atoms with Crippen molar-refractivity contribution >= 4 is 33.7 Å². The van der Waals surface area contributed by atoms with E-state index in [0.717, 1.165) is 35.0 Å². The summed E-state index contributed by atoms with van der Waals surface area (Å²) in [5, 5.41) is 11.0. The van der Waals surface area contributed by atoms with Crippen molar-refractivity contribution in [1.29, 1.82) is 0 Å². The summed E-state index contributed by atoms with van der Waals surface area (Å²) in [7, 11) is -4.20. The summed E-state index contributed by atoms with van der Waals surface area (Å²) >= 11 is 0. The lowest BCUT2D eigenvalue weighted by molar-refractivity contribution is 0.272. The number of hydrogen-bond donors (Lipinski definition) is 3. The molecule has 1 aliphatic carbocycles. The number of aromatic amines is 1. The van der Waals surface area contributed by atoms with Gasteiger partial charge in [-0.05, 0) is 42.3 Å². The van der Waals surface area contributed by atoms with Gasteiger partial charge in [0.1, 0.15) is 11.4 Å². The molecule has 0 atom stereocenters. The van der Waals surface area contributed by atoms with Crippen LogP contribution < -0.4 is 9.38 Å². The van der Waals surface area contributed by atoms with Gasteiger partial charge in [0, 0.05) is 23.7 Å². The monoisotopic (exact) mass is 361 g/mol. The van der Waals surface area contributed by atoms with Crippen LogP contribution in [-0.4, -0.2) is 42.8 Å². The first-order valence-corrected chi connectivity index (χ1v) is 10.1. The number of pyridine rings is 1. The highest BCUT2D eigenvalue weighted by Crippen LogP contribution is 2.48. The molecule has 0 aromatic carbocycles. The quantitative estimate of drug-likeness (QED) is 0.697. The van der Waals surface area contributed by atoms with Crippen molar-refractivity contribution in [3.05, 3.63) is 30.0 Å². The van der Waals surface area contributed by atoms with Gasteiger partial charge in [0.05, 0.1) is 11.9 Å². The van der Waals surface area contributed by atoms with Gasteiger partial charge in [-0.3, -0.25) is 0 Å². The van der Waals surface area contributed by atoms with Crippen LogP contribution in [0.1, 0.15) is 25.3 Å². The molecule has 0 spiro atoms. The lowest BCUT2D eigenvalue weighted by Crippen LogP contribution is -2.37. The Bertz CT molecular complexity index is 934. The molecular formula is C16H20BN3O4S. The molecule has 2 aliphatic rings. The maximum atomic E-state index is 11.9. The minimum Gasteiger partial charge on any atom is -0.531 e. The molecule has 1 aliphatic heterocycles. The molecule has 1 saturated carbocycles. The Morgan fingerprint density at radius 1 is 1.48 bits per heavy atom. The molecule has 0 amide bonds. The first-order valence-electron chi connectivity index (χ1n) is 8.47. The number of H-pyrrole nitrogens is 1. The van der Waals surface area contributed by atoms with Crippen molar-refractivity contribution in [3.63, 3.8) is 0 Å². The SMILES string of the molecule is CCNS(=O)(=O)C[C@H]1C[C@@H](C2=CB(O)Oc3cnc4[nH]ccc4c32)C1. The molecule has 132 valence electrons. The van der Waals surface area contributed by atoms with E-state index in [4.69, 9.17) is 4.65 Å². The first-order chi connectivity index (χ1) is 12.0. The van der Waals surface area contributed by atoms with Crippen LogP contribution in [0.25, 0.3) is 16.6 Å². The second kappa shape index (κ2) is 6.15. The normalized spacial score (nSPS) is 23.0. The number of fused-ring (bicyclic) bond motifs is 3. The molecule has 1 fully saturated rings. The van der Waals surface area contributed by atoms with Crippen LogP contribution >= 0.6 is 0 Å². The second-order valence-electron chi connectivity index (χ2n) is 6.68. The van der Waals surface area contributed by atoms with E-state index in [2.05, 4.69) is 14.7 Å². The van der Waals surface area contributed by atoms with Gasteiger partial charge in [-0.1, -0.05) is 6.92 Å². The van der Waals surface area contributed by atoms with Gasteiger partial charge in [-0.2, -0.15) is 0 Å². The number of allylic oxidation sites excluding steroid dienone is 1. The van der Waals surface area contributed by atoms with Crippen molar-refractivity contribution in [3.8, 4) is 5.75 Å². The van der Waals surface area contributed by atoms with Crippen LogP contribution in [0.15, 0.2) is 24.4 Å². The predicted octanol–water partition coefficient (Wildman–Crippen LogP) is 1.32. The predicted molar refractivity (Wildman–Crippen MR) is 96.3 cm³/mol. The second-order valence-corrected chi connectivity index (χ2v) is 8.53. The van der Waals surface area contributed by atoms with Gasteiger partial charge in [0.2, 0.25) is 10.0 Å². The number of nitrogens with zero attached hydrogens (tertiary/aromatic N) is 1. The van der Waals surface area contributed by atoms with Gasteiger partial charge in [-0.15, -0.1) is 0 Å². The molecule has 3 heterocycles. The summed E-state index contributed by atoms with van der Waals surface area (Å²) in [5.41, 5.74) is 2.75. The molecule has 25 heavy (non-hydrogen) atoms. The standard InChI is InChI=1S/C16H20BN3O4S/c1-2-20-25(22,23)9-10-5-11(6-10)13-7-17(21)24-14-8-19-16-12(15(13)14)3-4-18-16/h3-4,7-8,10-11,20-21H,2,5-6,9H2,1H3,(H,18,19)/t10-,11+. The maximum Gasteiger partial charge on any atom is 0.552 e. The molecule has 0 bridgehead atoms. The lowest BCUT2D eigenvalue weighted by Gasteiger charge is -2.38. The molecule has 9 heteroatoms. The largest absolute Gasteiger partial charge is 0.552 e. The van der Waals surface area contributed by atoms with Gasteiger partial charge in [0.25, 0.3) is 0 Å². The molecule has 7 nitrogen and oxygen atoms in total. The van der Waals surface area contributed by atoms with Crippen LogP contribution in [0.3, 0.4) is 0 Å². The first kappa shape index (κ1) is 16.6. The summed E-state index contributed by atoms with van der Waals surface area (Å²) in [6, 6.07) is 1.95. The molecule has 3 N–H and O–H groups in total. The van der Waals surface area contributed by atoms with Crippen molar-refractivity contribution < 1.29 is 18.1 Å². The molecule has 4 rings (SSSR count). The van der Waals surface area contributed by atoms with Crippen molar-refractivity contribution in [2.45, 2.75) is 19.8 Å². The van der Waals surface area contributed by atoms with Crippen molar-refractivity contribution in [2.24, 2.45) is 11.8 Å². The van der Waals surface area contributed by atoms with E-state index in [1.807, 2.05) is 12.3 Å². The van der Waals surface area contributed by atoms with E-state index in [0.29, 0.717) is 12.3 Å². The van der Waals surface area contributed by atoms with Gasteiger partial charge in [0.15, 0.2) is 0 Å². The Morgan fingerprint density at radius 2 is 2.28 bits per heavy atom. The van der Waals surface area contributed by atoms with Crippen molar-refractivity contribution in [2.75, 3.05) is 12.3 Å². The average Bonchev–Trinajstić information content (AvgIpc) is 2.98. The highest BCUT2D eigenvalue weighted by molar-refractivity contribution is 7.89. The number of aromatic nitrogens is 2. The number of rotatable bonds is 5. The highest BCUT2D eigenvalue weighted by Gasteiger charge is 2.39. The Hall–Kier alpha value is -1.84. The third-order valence-corrected chi connectivity index (χ3v) is 6.54. The minimum absolute atomic E-state index is 0.141. The third kappa shape index (κ3) is 3.07. The summed E-state index contributed by atoms with van der Waals surface area (Å²) in [4.78, 5) is 7.39. The zero-order valence-corrected chi connectivity index (χ0v) is 14.7. The van der Waals surface area contributed by atoms with E-state index in [-0.39, 0.29) is 17.6 Å². The van der Waals surface area contributed by atoms with Crippen molar-refractivity contribution in [1.82, 2.24) is 14.7 Å². The third-order valence-electron chi connectivity index (χ3n) is 4.91. The van der Waals surface area contributed by atoms with E-state index in [1.54, 1.807) is 19.1 Å². The number of nitrogens with one attached hydrogen (secondary N) is 2. The topological polar surface area (TPSA) is 104 Å². The van der Waals surface area contributed by atoms with E-state index in [1.165, 1.54) is 0 Å². The molecule has 2 aromatic rings. The minimum atomic E-state index is -3.20. The molecule has 0 saturated heterocycles. The molecule has 2 aromatic heterocycles. The van der Waals surface area contributed by atoms with Gasteiger partial charge < -0.3 is 14.7 Å². The average molecular weight is 361 g/mol. The summed E-state index contributed by atoms with van der Waals surface area (Å²) < 4.78 is 31.9. The van der Waals surface area contributed by atoms with Crippen LogP contribution in [0.5, 0.6) is 5.75 Å². The van der Waals surface area contributed by atoms with Crippen LogP contribution in [0.4, 0.5) is 0 Å². The zero-order chi connectivity index (χ0) is 17.6.